The van der Waals surface area contributed by atoms with Gasteiger partial charge in [-0.2, -0.15) is 0 Å². The van der Waals surface area contributed by atoms with Crippen LogP contribution in [0.15, 0.2) is 24.3 Å². The summed E-state index contributed by atoms with van der Waals surface area (Å²) in [6, 6.07) is 8.97. The topological polar surface area (TPSA) is 35.5 Å². The number of hydrogen-bond acceptors (Lipinski definition) is 3. The molecule has 2 rings (SSSR count). The minimum absolute atomic E-state index is 0.417. The lowest BCUT2D eigenvalue weighted by molar-refractivity contribution is 0.153. The van der Waals surface area contributed by atoms with E-state index in [1.807, 2.05) is 0 Å². The van der Waals surface area contributed by atoms with Crippen molar-refractivity contribution in [2.75, 3.05) is 26.7 Å². The predicted octanol–water partition coefficient (Wildman–Crippen LogP) is 2.92. The second-order valence-corrected chi connectivity index (χ2v) is 6.63. The number of aliphatic hydroxyl groups excluding tert-OH is 1. The third-order valence-corrected chi connectivity index (χ3v) is 4.63. The van der Waals surface area contributed by atoms with E-state index in [1.54, 1.807) is 0 Å². The first-order chi connectivity index (χ1) is 10.1. The van der Waals surface area contributed by atoms with Gasteiger partial charge in [0.25, 0.3) is 0 Å². The minimum atomic E-state index is -0.417. The summed E-state index contributed by atoms with van der Waals surface area (Å²) in [6.07, 6.45) is 3.50. The molecule has 21 heavy (non-hydrogen) atoms. The van der Waals surface area contributed by atoms with E-state index in [1.165, 1.54) is 31.4 Å². The lowest BCUT2D eigenvalue weighted by Crippen LogP contribution is -2.43. The zero-order valence-corrected chi connectivity index (χ0v) is 13.7. The zero-order valence-electron chi connectivity index (χ0n) is 13.7. The molecule has 3 nitrogen and oxygen atoms in total. The number of likely N-dealkylation sites (N-methyl/N-ethyl adjacent to an activating group) is 1. The van der Waals surface area contributed by atoms with Crippen molar-refractivity contribution in [3.63, 3.8) is 0 Å². The highest BCUT2D eigenvalue weighted by atomic mass is 16.3. The molecule has 0 aromatic heterocycles. The first-order valence-corrected chi connectivity index (χ1v) is 8.27. The molecular formula is C18H30N2O. The van der Waals surface area contributed by atoms with Crippen LogP contribution in [-0.2, 0) is 0 Å². The van der Waals surface area contributed by atoms with Crippen molar-refractivity contribution in [2.45, 2.75) is 51.2 Å². The number of benzene rings is 1. The highest BCUT2D eigenvalue weighted by Gasteiger charge is 2.18. The van der Waals surface area contributed by atoms with Gasteiger partial charge in [-0.15, -0.1) is 0 Å². The lowest BCUT2D eigenvalue weighted by Gasteiger charge is -2.32. The molecule has 2 atom stereocenters. The average Bonchev–Trinajstić information content (AvgIpc) is 2.49. The molecule has 1 aromatic carbocycles. The van der Waals surface area contributed by atoms with Gasteiger partial charge < -0.3 is 15.3 Å². The van der Waals surface area contributed by atoms with Gasteiger partial charge in [-0.05, 0) is 43.5 Å². The zero-order chi connectivity index (χ0) is 15.2. The number of nitrogens with zero attached hydrogens (tertiary/aromatic N) is 1. The van der Waals surface area contributed by atoms with Crippen molar-refractivity contribution >= 4 is 0 Å². The number of piperidine rings is 1. The van der Waals surface area contributed by atoms with Crippen molar-refractivity contribution in [1.29, 1.82) is 0 Å². The van der Waals surface area contributed by atoms with Gasteiger partial charge in [0, 0.05) is 19.1 Å². The molecule has 0 bridgehead atoms. The fraction of sp³-hybridized carbons (Fsp3) is 0.667. The molecule has 3 heteroatoms. The quantitative estimate of drug-likeness (QED) is 0.845. The standard InChI is InChI=1S/C18H30N2O/c1-14(2)15-7-9-16(10-8-15)18(21)13-19-12-17-6-4-5-11-20(17)3/h7-10,14,17-19,21H,4-6,11-13H2,1-3H3. The summed E-state index contributed by atoms with van der Waals surface area (Å²) in [5.41, 5.74) is 2.33. The Balaban J connectivity index is 1.77. The molecule has 0 aliphatic carbocycles. The Hall–Kier alpha value is -0.900. The summed E-state index contributed by atoms with van der Waals surface area (Å²) in [5.74, 6) is 0.538. The molecule has 2 N–H and O–H groups in total. The SMILES string of the molecule is CC(C)c1ccc(C(O)CNCC2CCCCN2C)cc1. The van der Waals surface area contributed by atoms with E-state index in [0.717, 1.165) is 12.1 Å². The number of likely N-dealkylation sites (tertiary alicyclic amines) is 1. The van der Waals surface area contributed by atoms with Crippen molar-refractivity contribution in [3.8, 4) is 0 Å². The number of nitrogens with one attached hydrogen (secondary N) is 1. The predicted molar refractivity (Wildman–Crippen MR) is 88.6 cm³/mol. The molecule has 0 amide bonds. The van der Waals surface area contributed by atoms with E-state index in [4.69, 9.17) is 0 Å². The van der Waals surface area contributed by atoms with E-state index < -0.39 is 6.10 Å². The van der Waals surface area contributed by atoms with Gasteiger partial charge in [-0.1, -0.05) is 44.5 Å². The van der Waals surface area contributed by atoms with Gasteiger partial charge in [-0.25, -0.2) is 0 Å². The van der Waals surface area contributed by atoms with Crippen LogP contribution >= 0.6 is 0 Å². The maximum atomic E-state index is 10.3. The van der Waals surface area contributed by atoms with E-state index in [9.17, 15) is 5.11 Å². The van der Waals surface area contributed by atoms with Crippen LogP contribution in [0.1, 0.15) is 56.3 Å². The van der Waals surface area contributed by atoms with Crippen molar-refractivity contribution in [3.05, 3.63) is 35.4 Å². The van der Waals surface area contributed by atoms with Gasteiger partial charge in [-0.3, -0.25) is 0 Å². The van der Waals surface area contributed by atoms with Crippen LogP contribution < -0.4 is 5.32 Å². The molecule has 1 heterocycles. The van der Waals surface area contributed by atoms with Crippen molar-refractivity contribution < 1.29 is 5.11 Å². The fourth-order valence-electron chi connectivity index (χ4n) is 3.01. The normalized spacial score (nSPS) is 21.7. The number of hydrogen-bond donors (Lipinski definition) is 2. The first-order valence-electron chi connectivity index (χ1n) is 8.27. The van der Waals surface area contributed by atoms with Crippen LogP contribution in [0.5, 0.6) is 0 Å². The second-order valence-electron chi connectivity index (χ2n) is 6.63. The molecule has 0 saturated carbocycles. The maximum Gasteiger partial charge on any atom is 0.0914 e. The Bertz CT molecular complexity index is 416. The third-order valence-electron chi connectivity index (χ3n) is 4.63. The molecule has 1 aliphatic rings. The molecular weight excluding hydrogens is 260 g/mol. The summed E-state index contributed by atoms with van der Waals surface area (Å²) in [4.78, 5) is 2.43. The molecule has 118 valence electrons. The highest BCUT2D eigenvalue weighted by molar-refractivity contribution is 5.26. The van der Waals surface area contributed by atoms with Gasteiger partial charge in [0.1, 0.15) is 0 Å². The Labute approximate surface area is 129 Å². The monoisotopic (exact) mass is 290 g/mol. The molecule has 1 aliphatic heterocycles. The number of rotatable bonds is 6. The fourth-order valence-corrected chi connectivity index (χ4v) is 3.01. The highest BCUT2D eigenvalue weighted by Crippen LogP contribution is 2.19. The Kier molecular flexibility index (Phi) is 6.22. The van der Waals surface area contributed by atoms with Crippen molar-refractivity contribution in [2.24, 2.45) is 0 Å². The van der Waals surface area contributed by atoms with Crippen molar-refractivity contribution in [1.82, 2.24) is 10.2 Å². The summed E-state index contributed by atoms with van der Waals surface area (Å²) < 4.78 is 0. The van der Waals surface area contributed by atoms with Crippen LogP contribution in [0.3, 0.4) is 0 Å². The lowest BCUT2D eigenvalue weighted by atomic mass is 10.00. The Morgan fingerprint density at radius 3 is 2.48 bits per heavy atom. The summed E-state index contributed by atoms with van der Waals surface area (Å²) in [7, 11) is 2.20. The Morgan fingerprint density at radius 1 is 1.19 bits per heavy atom. The average molecular weight is 290 g/mol. The molecule has 0 radical (unpaired) electrons. The largest absolute Gasteiger partial charge is 0.387 e. The molecule has 2 unspecified atom stereocenters. The van der Waals surface area contributed by atoms with Crippen LogP contribution in [-0.4, -0.2) is 42.7 Å². The summed E-state index contributed by atoms with van der Waals surface area (Å²) >= 11 is 0. The van der Waals surface area contributed by atoms with Crippen LogP contribution in [0.25, 0.3) is 0 Å². The number of aliphatic hydroxyl groups is 1. The van der Waals surface area contributed by atoms with Gasteiger partial charge in [0.05, 0.1) is 6.10 Å². The maximum absolute atomic E-state index is 10.3. The molecule has 1 fully saturated rings. The van der Waals surface area contributed by atoms with Gasteiger partial charge >= 0.3 is 0 Å². The minimum Gasteiger partial charge on any atom is -0.387 e. The van der Waals surface area contributed by atoms with E-state index in [0.29, 0.717) is 18.5 Å². The third kappa shape index (κ3) is 4.80. The smallest absolute Gasteiger partial charge is 0.0914 e. The Morgan fingerprint density at radius 2 is 1.86 bits per heavy atom. The van der Waals surface area contributed by atoms with Crippen LogP contribution in [0.2, 0.25) is 0 Å². The first kappa shape index (κ1) is 16.5. The second kappa shape index (κ2) is 7.92. The molecule has 0 spiro atoms. The van der Waals surface area contributed by atoms with Gasteiger partial charge in [0.2, 0.25) is 0 Å². The van der Waals surface area contributed by atoms with E-state index in [2.05, 4.69) is 55.4 Å². The summed E-state index contributed by atoms with van der Waals surface area (Å²) in [6.45, 7) is 7.18. The summed E-state index contributed by atoms with van der Waals surface area (Å²) in [5, 5.41) is 13.7. The van der Waals surface area contributed by atoms with Gasteiger partial charge in [0.15, 0.2) is 0 Å². The van der Waals surface area contributed by atoms with E-state index >= 15 is 0 Å². The van der Waals surface area contributed by atoms with Crippen LogP contribution in [0.4, 0.5) is 0 Å². The van der Waals surface area contributed by atoms with E-state index in [-0.39, 0.29) is 0 Å². The molecule has 1 saturated heterocycles. The molecule has 1 aromatic rings. The van der Waals surface area contributed by atoms with Crippen LogP contribution in [0, 0.1) is 0 Å².